The zero-order valence-corrected chi connectivity index (χ0v) is 9.58. The number of hydrogen-bond donors (Lipinski definition) is 1. The minimum absolute atomic E-state index is 0.112. The number of nitrogens with one attached hydrogen (secondary N) is 1. The first kappa shape index (κ1) is 10.9. The van der Waals surface area contributed by atoms with Crippen LogP contribution < -0.4 is 5.32 Å². The van der Waals surface area contributed by atoms with Crippen LogP contribution in [0, 0.1) is 0 Å². The fraction of sp³-hybridized carbons (Fsp3) is 0.909. The van der Waals surface area contributed by atoms with Crippen LogP contribution in [0.2, 0.25) is 0 Å². The lowest BCUT2D eigenvalue weighted by molar-refractivity contribution is -0.146. The Bertz CT molecular complexity index is 251. The van der Waals surface area contributed by atoms with Crippen molar-refractivity contribution in [3.05, 3.63) is 0 Å². The minimum Gasteiger partial charge on any atom is -0.363 e. The summed E-state index contributed by atoms with van der Waals surface area (Å²) in [5, 5.41) is 3.15. The number of amides is 1. The van der Waals surface area contributed by atoms with Crippen LogP contribution in [0.3, 0.4) is 0 Å². The van der Waals surface area contributed by atoms with Crippen LogP contribution in [0.4, 0.5) is 0 Å². The van der Waals surface area contributed by atoms with E-state index in [1.54, 1.807) is 0 Å². The largest absolute Gasteiger partial charge is 0.363 e. The molecule has 4 nitrogen and oxygen atoms in total. The van der Waals surface area contributed by atoms with Gasteiger partial charge in [-0.15, -0.1) is 0 Å². The van der Waals surface area contributed by atoms with E-state index in [1.807, 2.05) is 11.8 Å². The van der Waals surface area contributed by atoms with Gasteiger partial charge >= 0.3 is 0 Å². The Kier molecular flexibility index (Phi) is 2.98. The molecule has 2 fully saturated rings. The number of carbonyl (C=O) groups excluding carboxylic acids is 1. The summed E-state index contributed by atoms with van der Waals surface area (Å²) >= 11 is 0. The molecule has 0 aromatic rings. The highest BCUT2D eigenvalue weighted by atomic mass is 16.5. The van der Waals surface area contributed by atoms with Crippen molar-refractivity contribution < 1.29 is 9.53 Å². The van der Waals surface area contributed by atoms with Crippen LogP contribution in [0.1, 0.15) is 26.7 Å². The molecule has 1 N–H and O–H groups in total. The van der Waals surface area contributed by atoms with Crippen LogP contribution in [0.15, 0.2) is 0 Å². The Labute approximate surface area is 91.0 Å². The number of carbonyl (C=O) groups is 1. The van der Waals surface area contributed by atoms with Gasteiger partial charge in [0.25, 0.3) is 0 Å². The minimum atomic E-state index is -0.112. The molecule has 86 valence electrons. The van der Waals surface area contributed by atoms with E-state index in [4.69, 9.17) is 4.74 Å². The van der Waals surface area contributed by atoms with Crippen molar-refractivity contribution in [3.63, 3.8) is 0 Å². The van der Waals surface area contributed by atoms with E-state index in [0.29, 0.717) is 6.04 Å². The highest BCUT2D eigenvalue weighted by Crippen LogP contribution is 2.19. The zero-order chi connectivity index (χ0) is 10.9. The Morgan fingerprint density at radius 3 is 2.80 bits per heavy atom. The number of rotatable bonds is 3. The molecule has 15 heavy (non-hydrogen) atoms. The summed E-state index contributed by atoms with van der Waals surface area (Å²) in [6, 6.07) is 0.397. The van der Waals surface area contributed by atoms with E-state index >= 15 is 0 Å². The zero-order valence-electron chi connectivity index (χ0n) is 9.58. The van der Waals surface area contributed by atoms with E-state index in [9.17, 15) is 4.79 Å². The molecule has 2 heterocycles. The first-order chi connectivity index (χ1) is 7.11. The Morgan fingerprint density at radius 1 is 1.60 bits per heavy atom. The lowest BCUT2D eigenvalue weighted by Crippen LogP contribution is -2.59. The first-order valence-corrected chi connectivity index (χ1v) is 5.75. The van der Waals surface area contributed by atoms with Crippen molar-refractivity contribution in [2.45, 2.75) is 38.3 Å². The molecule has 0 saturated carbocycles. The lowest BCUT2D eigenvalue weighted by Gasteiger charge is -2.39. The van der Waals surface area contributed by atoms with Crippen molar-refractivity contribution in [1.82, 2.24) is 10.2 Å². The van der Waals surface area contributed by atoms with Gasteiger partial charge in [0.1, 0.15) is 6.61 Å². The Morgan fingerprint density at radius 2 is 2.33 bits per heavy atom. The van der Waals surface area contributed by atoms with Gasteiger partial charge in [0.05, 0.1) is 5.60 Å². The maximum absolute atomic E-state index is 11.8. The number of nitrogens with zero attached hydrogens (tertiary/aromatic N) is 1. The van der Waals surface area contributed by atoms with Gasteiger partial charge in [0.2, 0.25) is 5.91 Å². The Hall–Kier alpha value is -0.610. The van der Waals surface area contributed by atoms with E-state index in [1.165, 1.54) is 0 Å². The summed E-state index contributed by atoms with van der Waals surface area (Å²) in [4.78, 5) is 13.8. The predicted octanol–water partition coefficient (Wildman–Crippen LogP) is 0.376. The summed E-state index contributed by atoms with van der Waals surface area (Å²) in [5.74, 6) is 0.146. The smallest absolute Gasteiger partial charge is 0.248 e. The van der Waals surface area contributed by atoms with Crippen molar-refractivity contribution >= 4 is 5.91 Å². The van der Waals surface area contributed by atoms with E-state index in [0.717, 1.165) is 32.5 Å². The maximum Gasteiger partial charge on any atom is 0.248 e. The molecule has 2 aliphatic heterocycles. The van der Waals surface area contributed by atoms with Gasteiger partial charge in [-0.25, -0.2) is 0 Å². The van der Waals surface area contributed by atoms with Crippen LogP contribution in [0.25, 0.3) is 0 Å². The second-order valence-electron chi connectivity index (χ2n) is 4.92. The molecule has 0 spiro atoms. The number of hydrogen-bond acceptors (Lipinski definition) is 3. The second-order valence-corrected chi connectivity index (χ2v) is 4.92. The molecule has 4 heteroatoms. The summed E-state index contributed by atoms with van der Waals surface area (Å²) in [6.07, 6.45) is 2.26. The van der Waals surface area contributed by atoms with Gasteiger partial charge in [0, 0.05) is 25.7 Å². The van der Waals surface area contributed by atoms with E-state index in [-0.39, 0.29) is 18.1 Å². The SMILES string of the molecule is CC1CCCN1C(=O)COC1(C)CNC1. The standard InChI is InChI=1S/C11H20N2O2/c1-9-4-3-5-13(9)10(14)6-15-11(2)7-12-8-11/h9,12H,3-8H2,1-2H3. The van der Waals surface area contributed by atoms with Crippen molar-refractivity contribution in [2.75, 3.05) is 26.2 Å². The van der Waals surface area contributed by atoms with Gasteiger partial charge in [-0.05, 0) is 26.7 Å². The summed E-state index contributed by atoms with van der Waals surface area (Å²) < 4.78 is 5.63. The van der Waals surface area contributed by atoms with E-state index < -0.39 is 0 Å². The van der Waals surface area contributed by atoms with Gasteiger partial charge < -0.3 is 15.0 Å². The van der Waals surface area contributed by atoms with Gasteiger partial charge in [0.15, 0.2) is 0 Å². The highest BCUT2D eigenvalue weighted by molar-refractivity contribution is 5.78. The molecule has 2 saturated heterocycles. The molecular formula is C11H20N2O2. The van der Waals surface area contributed by atoms with Crippen LogP contribution in [-0.2, 0) is 9.53 Å². The van der Waals surface area contributed by atoms with Gasteiger partial charge in [-0.2, -0.15) is 0 Å². The number of likely N-dealkylation sites (tertiary alicyclic amines) is 1. The third kappa shape index (κ3) is 2.32. The molecule has 1 atom stereocenters. The van der Waals surface area contributed by atoms with Crippen molar-refractivity contribution in [1.29, 1.82) is 0 Å². The average molecular weight is 212 g/mol. The van der Waals surface area contributed by atoms with Crippen LogP contribution >= 0.6 is 0 Å². The fourth-order valence-corrected chi connectivity index (χ4v) is 2.20. The summed E-state index contributed by atoms with van der Waals surface area (Å²) in [7, 11) is 0. The quantitative estimate of drug-likeness (QED) is 0.735. The molecule has 1 unspecified atom stereocenters. The molecule has 0 aromatic carbocycles. The normalized spacial score (nSPS) is 28.9. The topological polar surface area (TPSA) is 41.6 Å². The fourth-order valence-electron chi connectivity index (χ4n) is 2.20. The maximum atomic E-state index is 11.8. The summed E-state index contributed by atoms with van der Waals surface area (Å²) in [6.45, 7) is 7.01. The third-order valence-corrected chi connectivity index (χ3v) is 3.42. The molecule has 0 aliphatic carbocycles. The molecule has 0 aromatic heterocycles. The molecule has 2 rings (SSSR count). The van der Waals surface area contributed by atoms with Gasteiger partial charge in [-0.1, -0.05) is 0 Å². The molecule has 0 radical (unpaired) electrons. The van der Waals surface area contributed by atoms with Crippen LogP contribution in [-0.4, -0.2) is 48.7 Å². The Balaban J connectivity index is 1.76. The molecule has 1 amide bonds. The number of ether oxygens (including phenoxy) is 1. The molecular weight excluding hydrogens is 192 g/mol. The highest BCUT2D eigenvalue weighted by Gasteiger charge is 2.34. The first-order valence-electron chi connectivity index (χ1n) is 5.75. The third-order valence-electron chi connectivity index (χ3n) is 3.42. The van der Waals surface area contributed by atoms with E-state index in [2.05, 4.69) is 12.2 Å². The van der Waals surface area contributed by atoms with Crippen molar-refractivity contribution in [2.24, 2.45) is 0 Å². The summed E-state index contributed by atoms with van der Waals surface area (Å²) in [5.41, 5.74) is -0.112. The molecule has 0 bridgehead atoms. The second kappa shape index (κ2) is 4.10. The lowest BCUT2D eigenvalue weighted by atomic mass is 10.0. The average Bonchev–Trinajstić information content (AvgIpc) is 2.58. The van der Waals surface area contributed by atoms with Crippen LogP contribution in [0.5, 0.6) is 0 Å². The predicted molar refractivity (Wildman–Crippen MR) is 57.6 cm³/mol. The molecule has 2 aliphatic rings. The van der Waals surface area contributed by atoms with Crippen molar-refractivity contribution in [3.8, 4) is 0 Å². The monoisotopic (exact) mass is 212 g/mol. The van der Waals surface area contributed by atoms with Gasteiger partial charge in [-0.3, -0.25) is 4.79 Å².